The highest BCUT2D eigenvalue weighted by molar-refractivity contribution is 7.10. The molecule has 6 heteroatoms. The third-order valence-electron chi connectivity index (χ3n) is 3.26. The van der Waals surface area contributed by atoms with Crippen molar-refractivity contribution in [1.29, 1.82) is 5.26 Å². The van der Waals surface area contributed by atoms with Gasteiger partial charge >= 0.3 is 0 Å². The number of halogens is 2. The Bertz CT molecular complexity index is 658. The maximum atomic E-state index is 13.0. The number of nitriles is 1. The zero-order chi connectivity index (χ0) is 14.1. The number of anilines is 1. The second-order valence-electron chi connectivity index (χ2n) is 4.75. The first kappa shape index (κ1) is 13.3. The molecule has 0 bridgehead atoms. The first-order chi connectivity index (χ1) is 9.69. The van der Waals surface area contributed by atoms with Crippen LogP contribution in [0.2, 0.25) is 5.15 Å². The molecule has 1 aliphatic carbocycles. The van der Waals surface area contributed by atoms with E-state index in [0.29, 0.717) is 18.2 Å². The highest BCUT2D eigenvalue weighted by Crippen LogP contribution is 2.39. The molecule has 0 aliphatic heterocycles. The van der Waals surface area contributed by atoms with Crippen LogP contribution in [0, 0.1) is 17.1 Å². The lowest BCUT2D eigenvalue weighted by Crippen LogP contribution is -2.24. The minimum Gasteiger partial charge on any atom is -0.354 e. The van der Waals surface area contributed by atoms with E-state index in [1.54, 1.807) is 12.1 Å². The standard InChI is InChI=1S/C14H11ClFN3S/c15-13-12(7-17)14(20-18-13)19(11-5-6-11)8-9-1-3-10(16)4-2-9/h1-4,11H,5-6,8H2. The monoisotopic (exact) mass is 307 g/mol. The molecule has 20 heavy (non-hydrogen) atoms. The molecule has 0 radical (unpaired) electrons. The largest absolute Gasteiger partial charge is 0.354 e. The van der Waals surface area contributed by atoms with Gasteiger partial charge in [-0.3, -0.25) is 0 Å². The van der Waals surface area contributed by atoms with E-state index in [1.807, 2.05) is 0 Å². The minimum atomic E-state index is -0.245. The van der Waals surface area contributed by atoms with Crippen molar-refractivity contribution in [3.05, 3.63) is 46.4 Å². The van der Waals surface area contributed by atoms with Crippen LogP contribution in [0.3, 0.4) is 0 Å². The Labute approximate surface area is 125 Å². The van der Waals surface area contributed by atoms with Gasteiger partial charge in [-0.05, 0) is 42.1 Å². The summed E-state index contributed by atoms with van der Waals surface area (Å²) < 4.78 is 17.0. The molecule has 102 valence electrons. The zero-order valence-electron chi connectivity index (χ0n) is 10.5. The van der Waals surface area contributed by atoms with Crippen molar-refractivity contribution >= 4 is 28.1 Å². The van der Waals surface area contributed by atoms with Gasteiger partial charge in [-0.25, -0.2) is 4.39 Å². The molecule has 0 unspecified atom stereocenters. The lowest BCUT2D eigenvalue weighted by atomic mass is 10.2. The Morgan fingerprint density at radius 1 is 1.40 bits per heavy atom. The number of benzene rings is 1. The van der Waals surface area contributed by atoms with Gasteiger partial charge in [0, 0.05) is 12.6 Å². The van der Waals surface area contributed by atoms with E-state index < -0.39 is 0 Å². The number of hydrogen-bond acceptors (Lipinski definition) is 4. The summed E-state index contributed by atoms with van der Waals surface area (Å²) in [6, 6.07) is 8.96. The van der Waals surface area contributed by atoms with Gasteiger partial charge in [0.05, 0.1) is 0 Å². The molecule has 1 fully saturated rings. The van der Waals surface area contributed by atoms with Crippen molar-refractivity contribution in [3.8, 4) is 6.07 Å². The molecule has 1 heterocycles. The summed E-state index contributed by atoms with van der Waals surface area (Å²) in [4.78, 5) is 2.15. The van der Waals surface area contributed by atoms with Crippen LogP contribution >= 0.6 is 23.1 Å². The Balaban J connectivity index is 1.90. The van der Waals surface area contributed by atoms with E-state index in [9.17, 15) is 9.65 Å². The van der Waals surface area contributed by atoms with Crippen LogP contribution in [0.15, 0.2) is 24.3 Å². The van der Waals surface area contributed by atoms with E-state index in [1.165, 1.54) is 23.7 Å². The lowest BCUT2D eigenvalue weighted by molar-refractivity contribution is 0.626. The smallest absolute Gasteiger partial charge is 0.162 e. The Kier molecular flexibility index (Phi) is 3.60. The number of aromatic nitrogens is 1. The maximum Gasteiger partial charge on any atom is 0.162 e. The summed E-state index contributed by atoms with van der Waals surface area (Å²) in [5.41, 5.74) is 1.44. The van der Waals surface area contributed by atoms with Crippen LogP contribution in [0.5, 0.6) is 0 Å². The molecule has 1 aromatic carbocycles. The second kappa shape index (κ2) is 5.39. The van der Waals surface area contributed by atoms with Crippen molar-refractivity contribution < 1.29 is 4.39 Å². The average Bonchev–Trinajstić information content (AvgIpc) is 3.21. The van der Waals surface area contributed by atoms with Gasteiger partial charge in [0.1, 0.15) is 22.5 Å². The molecule has 0 N–H and O–H groups in total. The summed E-state index contributed by atoms with van der Waals surface area (Å²) in [5, 5.41) is 10.3. The van der Waals surface area contributed by atoms with Gasteiger partial charge < -0.3 is 4.90 Å². The first-order valence-electron chi connectivity index (χ1n) is 6.25. The molecule has 3 rings (SSSR count). The number of rotatable bonds is 4. The molecule has 1 aliphatic rings. The van der Waals surface area contributed by atoms with Crippen LogP contribution < -0.4 is 4.90 Å². The molecule has 0 saturated heterocycles. The van der Waals surface area contributed by atoms with Crippen molar-refractivity contribution in [3.63, 3.8) is 0 Å². The van der Waals surface area contributed by atoms with Crippen molar-refractivity contribution in [2.75, 3.05) is 4.90 Å². The number of hydrogen-bond donors (Lipinski definition) is 0. The molecular weight excluding hydrogens is 297 g/mol. The van der Waals surface area contributed by atoms with Gasteiger partial charge in [-0.1, -0.05) is 23.7 Å². The van der Waals surface area contributed by atoms with Crippen molar-refractivity contribution in [2.45, 2.75) is 25.4 Å². The van der Waals surface area contributed by atoms with E-state index in [0.717, 1.165) is 23.4 Å². The zero-order valence-corrected chi connectivity index (χ0v) is 12.1. The fourth-order valence-corrected chi connectivity index (χ4v) is 3.19. The molecular formula is C14H11ClFN3S. The normalized spacial score (nSPS) is 14.1. The predicted molar refractivity (Wildman–Crippen MR) is 77.4 cm³/mol. The van der Waals surface area contributed by atoms with Crippen LogP contribution in [-0.2, 0) is 6.54 Å². The topological polar surface area (TPSA) is 39.9 Å². The van der Waals surface area contributed by atoms with E-state index in [2.05, 4.69) is 15.3 Å². The van der Waals surface area contributed by atoms with Gasteiger partial charge in [0.2, 0.25) is 0 Å². The van der Waals surface area contributed by atoms with Crippen LogP contribution in [0.25, 0.3) is 0 Å². The first-order valence-corrected chi connectivity index (χ1v) is 7.40. The number of nitrogens with zero attached hydrogens (tertiary/aromatic N) is 3. The average molecular weight is 308 g/mol. The molecule has 1 aromatic heterocycles. The quantitative estimate of drug-likeness (QED) is 0.858. The van der Waals surface area contributed by atoms with E-state index in [-0.39, 0.29) is 11.0 Å². The van der Waals surface area contributed by atoms with Crippen LogP contribution in [0.4, 0.5) is 9.39 Å². The lowest BCUT2D eigenvalue weighted by Gasteiger charge is -2.22. The van der Waals surface area contributed by atoms with Gasteiger partial charge in [-0.2, -0.15) is 9.64 Å². The summed E-state index contributed by atoms with van der Waals surface area (Å²) in [6.07, 6.45) is 2.20. The SMILES string of the molecule is N#Cc1c(Cl)nsc1N(Cc1ccc(F)cc1)C1CC1. The molecule has 0 amide bonds. The second-order valence-corrected chi connectivity index (χ2v) is 5.86. The van der Waals surface area contributed by atoms with Gasteiger partial charge in [0.25, 0.3) is 0 Å². The summed E-state index contributed by atoms with van der Waals surface area (Å²) in [5.74, 6) is -0.245. The molecule has 0 spiro atoms. The molecule has 3 nitrogen and oxygen atoms in total. The highest BCUT2D eigenvalue weighted by Gasteiger charge is 2.32. The van der Waals surface area contributed by atoms with Crippen molar-refractivity contribution in [1.82, 2.24) is 4.37 Å². The van der Waals surface area contributed by atoms with Gasteiger partial charge in [-0.15, -0.1) is 0 Å². The Morgan fingerprint density at radius 2 is 2.10 bits per heavy atom. The van der Waals surface area contributed by atoms with Crippen molar-refractivity contribution in [2.24, 2.45) is 0 Å². The molecule has 1 saturated carbocycles. The fraction of sp³-hybridized carbons (Fsp3) is 0.286. The summed E-state index contributed by atoms with van der Waals surface area (Å²) in [7, 11) is 0. The highest BCUT2D eigenvalue weighted by atomic mass is 35.5. The van der Waals surface area contributed by atoms with Crippen LogP contribution in [-0.4, -0.2) is 10.4 Å². The van der Waals surface area contributed by atoms with E-state index >= 15 is 0 Å². The van der Waals surface area contributed by atoms with Gasteiger partial charge in [0.15, 0.2) is 5.15 Å². The fourth-order valence-electron chi connectivity index (χ4n) is 2.09. The third-order valence-corrected chi connectivity index (χ3v) is 4.52. The van der Waals surface area contributed by atoms with E-state index in [4.69, 9.17) is 11.6 Å². The molecule has 0 atom stereocenters. The predicted octanol–water partition coefficient (Wildman–Crippen LogP) is 3.98. The summed E-state index contributed by atoms with van der Waals surface area (Å²) in [6.45, 7) is 0.637. The third kappa shape index (κ3) is 2.62. The Hall–Kier alpha value is -1.64. The summed E-state index contributed by atoms with van der Waals surface area (Å²) >= 11 is 7.19. The maximum absolute atomic E-state index is 13.0. The molecule has 2 aromatic rings. The minimum absolute atomic E-state index is 0.245. The Morgan fingerprint density at radius 3 is 2.70 bits per heavy atom. The van der Waals surface area contributed by atoms with Crippen LogP contribution in [0.1, 0.15) is 24.0 Å².